The number of H-pyrrole nitrogens is 1. The topological polar surface area (TPSA) is 90.4 Å². The Balaban J connectivity index is 2.27. The van der Waals surface area contributed by atoms with E-state index in [4.69, 9.17) is 9.47 Å². The van der Waals surface area contributed by atoms with Crippen LogP contribution in [0.5, 0.6) is 0 Å². The molecule has 110 valence electrons. The van der Waals surface area contributed by atoms with Gasteiger partial charge in [-0.1, -0.05) is 22.6 Å². The van der Waals surface area contributed by atoms with Crippen LogP contribution >= 0.6 is 22.6 Å². The average Bonchev–Trinajstić information content (AvgIpc) is 2.75. The van der Waals surface area contributed by atoms with Crippen molar-refractivity contribution < 1.29 is 14.3 Å². The molecule has 0 bridgehead atoms. The third kappa shape index (κ3) is 3.11. The van der Waals surface area contributed by atoms with Crippen LogP contribution < -0.4 is 11.2 Å². The highest BCUT2D eigenvalue weighted by Crippen LogP contribution is 2.30. The molecule has 1 aliphatic rings. The van der Waals surface area contributed by atoms with E-state index in [0.717, 1.165) is 0 Å². The first-order valence-corrected chi connectivity index (χ1v) is 7.65. The maximum atomic E-state index is 11.8. The van der Waals surface area contributed by atoms with Gasteiger partial charge < -0.3 is 9.47 Å². The lowest BCUT2D eigenvalue weighted by molar-refractivity contribution is -0.148. The first-order valence-electron chi connectivity index (χ1n) is 6.13. The Morgan fingerprint density at radius 1 is 1.60 bits per heavy atom. The summed E-state index contributed by atoms with van der Waals surface area (Å²) in [5.41, 5.74) is -0.511. The number of ether oxygens (including phenoxy) is 2. The van der Waals surface area contributed by atoms with Crippen LogP contribution in [0.3, 0.4) is 0 Å². The van der Waals surface area contributed by atoms with Crippen LogP contribution in [0.4, 0.5) is 0 Å². The van der Waals surface area contributed by atoms with Gasteiger partial charge in [0.1, 0.15) is 18.4 Å². The molecule has 1 saturated heterocycles. The fourth-order valence-electron chi connectivity index (χ4n) is 2.15. The number of esters is 1. The number of halogens is 1. The van der Waals surface area contributed by atoms with Crippen LogP contribution in [0.2, 0.25) is 0 Å². The minimum atomic E-state index is -0.540. The van der Waals surface area contributed by atoms with E-state index in [0.29, 0.717) is 16.4 Å². The number of aromatic amines is 1. The second-order valence-corrected chi connectivity index (χ2v) is 5.53. The van der Waals surface area contributed by atoms with Crippen molar-refractivity contribution >= 4 is 28.6 Å². The van der Waals surface area contributed by atoms with Crippen LogP contribution in [0, 0.1) is 6.92 Å². The van der Waals surface area contributed by atoms with E-state index in [-0.39, 0.29) is 18.2 Å². The molecule has 20 heavy (non-hydrogen) atoms. The monoisotopic (exact) mass is 394 g/mol. The van der Waals surface area contributed by atoms with Crippen molar-refractivity contribution in [1.29, 1.82) is 0 Å². The van der Waals surface area contributed by atoms with E-state index in [2.05, 4.69) is 27.6 Å². The first kappa shape index (κ1) is 15.2. The van der Waals surface area contributed by atoms with Gasteiger partial charge in [-0.2, -0.15) is 0 Å². The van der Waals surface area contributed by atoms with Gasteiger partial charge in [0, 0.05) is 29.5 Å². The maximum Gasteiger partial charge on any atom is 0.330 e. The molecule has 7 nitrogen and oxygen atoms in total. The van der Waals surface area contributed by atoms with Gasteiger partial charge in [-0.15, -0.1) is 0 Å². The molecular formula is C12H15IN2O5. The highest BCUT2D eigenvalue weighted by atomic mass is 127. The minimum Gasteiger partial charge on any atom is -0.460 e. The number of carbonyl (C=O) groups excluding carboxylic acids is 1. The number of aromatic nitrogens is 2. The lowest BCUT2D eigenvalue weighted by Gasteiger charge is -2.15. The van der Waals surface area contributed by atoms with Gasteiger partial charge in [-0.05, 0) is 6.92 Å². The SMILES string of the molecule is CC(=O)OC1C[C@H](n2cc(C)c(=O)[nH]c2=O)O[C@@H]1CI. The lowest BCUT2D eigenvalue weighted by Crippen LogP contribution is -2.33. The number of alkyl halides is 1. The van der Waals surface area contributed by atoms with Gasteiger partial charge >= 0.3 is 11.7 Å². The van der Waals surface area contributed by atoms with Crippen LogP contribution in [-0.4, -0.2) is 32.2 Å². The van der Waals surface area contributed by atoms with Crippen molar-refractivity contribution in [3.8, 4) is 0 Å². The van der Waals surface area contributed by atoms with Crippen molar-refractivity contribution in [2.24, 2.45) is 0 Å². The molecule has 1 aliphatic heterocycles. The summed E-state index contributed by atoms with van der Waals surface area (Å²) in [7, 11) is 0. The Kier molecular flexibility index (Phi) is 4.63. The zero-order valence-corrected chi connectivity index (χ0v) is 13.2. The molecule has 1 fully saturated rings. The molecule has 0 aromatic carbocycles. The molecular weight excluding hydrogens is 379 g/mol. The Labute approximate surface area is 128 Å². The summed E-state index contributed by atoms with van der Waals surface area (Å²) in [5.74, 6) is -0.376. The molecule has 0 saturated carbocycles. The van der Waals surface area contributed by atoms with E-state index in [1.54, 1.807) is 6.92 Å². The summed E-state index contributed by atoms with van der Waals surface area (Å²) in [4.78, 5) is 36.5. The Hall–Kier alpha value is -1.16. The highest BCUT2D eigenvalue weighted by molar-refractivity contribution is 14.1. The average molecular weight is 394 g/mol. The smallest absolute Gasteiger partial charge is 0.330 e. The van der Waals surface area contributed by atoms with Crippen LogP contribution in [0.15, 0.2) is 15.8 Å². The quantitative estimate of drug-likeness (QED) is 0.458. The normalized spacial score (nSPS) is 25.6. The highest BCUT2D eigenvalue weighted by Gasteiger charge is 2.38. The van der Waals surface area contributed by atoms with Gasteiger partial charge in [0.2, 0.25) is 0 Å². The van der Waals surface area contributed by atoms with E-state index < -0.39 is 17.5 Å². The van der Waals surface area contributed by atoms with Crippen molar-refractivity contribution in [3.05, 3.63) is 32.6 Å². The Bertz CT molecular complexity index is 623. The van der Waals surface area contributed by atoms with Gasteiger partial charge in [0.05, 0.1) is 0 Å². The standard InChI is InChI=1S/C12H15IN2O5/c1-6-5-15(12(18)14-11(6)17)10-3-8(19-7(2)16)9(4-13)20-10/h5,8-10H,3-4H2,1-2H3,(H,14,17,18)/t8?,9-,10-/m1/s1. The summed E-state index contributed by atoms with van der Waals surface area (Å²) in [6, 6.07) is 0. The summed E-state index contributed by atoms with van der Waals surface area (Å²) < 4.78 is 12.9. The summed E-state index contributed by atoms with van der Waals surface area (Å²) in [6.45, 7) is 2.96. The minimum absolute atomic E-state index is 0.261. The predicted molar refractivity (Wildman–Crippen MR) is 79.0 cm³/mol. The van der Waals surface area contributed by atoms with Gasteiger partial charge in [0.15, 0.2) is 0 Å². The number of rotatable bonds is 3. The Morgan fingerprint density at radius 2 is 2.30 bits per heavy atom. The molecule has 0 amide bonds. The van der Waals surface area contributed by atoms with Crippen molar-refractivity contribution in [1.82, 2.24) is 9.55 Å². The van der Waals surface area contributed by atoms with E-state index in [1.165, 1.54) is 17.7 Å². The molecule has 8 heteroatoms. The summed E-state index contributed by atoms with van der Waals surface area (Å²) in [5, 5.41) is 0. The third-order valence-electron chi connectivity index (χ3n) is 3.11. The number of aryl methyl sites for hydroxylation is 1. The molecule has 2 heterocycles. The fourth-order valence-corrected chi connectivity index (χ4v) is 2.92. The van der Waals surface area contributed by atoms with Crippen molar-refractivity contribution in [3.63, 3.8) is 0 Å². The number of hydrogen-bond acceptors (Lipinski definition) is 5. The largest absolute Gasteiger partial charge is 0.460 e. The molecule has 0 spiro atoms. The fraction of sp³-hybridized carbons (Fsp3) is 0.583. The Morgan fingerprint density at radius 3 is 2.90 bits per heavy atom. The van der Waals surface area contributed by atoms with Crippen LogP contribution in [0.25, 0.3) is 0 Å². The van der Waals surface area contributed by atoms with Crippen molar-refractivity contribution in [2.75, 3.05) is 4.43 Å². The molecule has 2 rings (SSSR count). The number of hydrogen-bond donors (Lipinski definition) is 1. The zero-order chi connectivity index (χ0) is 14.9. The number of nitrogens with zero attached hydrogens (tertiary/aromatic N) is 1. The van der Waals surface area contributed by atoms with E-state index in [9.17, 15) is 14.4 Å². The lowest BCUT2D eigenvalue weighted by atomic mass is 10.2. The molecule has 0 aliphatic carbocycles. The van der Waals surface area contributed by atoms with E-state index >= 15 is 0 Å². The molecule has 1 aromatic rings. The first-order chi connectivity index (χ1) is 9.42. The van der Waals surface area contributed by atoms with Gasteiger partial charge in [0.25, 0.3) is 5.56 Å². The van der Waals surface area contributed by atoms with Crippen molar-refractivity contribution in [2.45, 2.75) is 38.7 Å². The van der Waals surface area contributed by atoms with Gasteiger partial charge in [-0.25, -0.2) is 4.79 Å². The molecule has 0 radical (unpaired) electrons. The van der Waals surface area contributed by atoms with E-state index in [1.807, 2.05) is 0 Å². The molecule has 1 aromatic heterocycles. The summed E-state index contributed by atoms with van der Waals surface area (Å²) in [6.07, 6.45) is 0.671. The number of nitrogens with one attached hydrogen (secondary N) is 1. The van der Waals surface area contributed by atoms with Crippen LogP contribution in [0.1, 0.15) is 25.1 Å². The molecule has 1 N–H and O–H groups in total. The summed E-state index contributed by atoms with van der Waals surface area (Å²) >= 11 is 2.14. The second-order valence-electron chi connectivity index (χ2n) is 4.65. The predicted octanol–water partition coefficient (Wildman–Crippen LogP) is 0.499. The zero-order valence-electron chi connectivity index (χ0n) is 11.1. The maximum absolute atomic E-state index is 11.8. The van der Waals surface area contributed by atoms with Crippen LogP contribution in [-0.2, 0) is 14.3 Å². The third-order valence-corrected chi connectivity index (χ3v) is 3.97. The number of carbonyl (C=O) groups is 1. The molecule has 1 unspecified atom stereocenters. The molecule has 3 atom stereocenters. The van der Waals surface area contributed by atoms with Gasteiger partial charge in [-0.3, -0.25) is 19.1 Å². The second kappa shape index (κ2) is 6.08.